The molecule has 0 aliphatic carbocycles. The maximum atomic E-state index is 13.1. The van der Waals surface area contributed by atoms with E-state index in [0.29, 0.717) is 17.9 Å². The van der Waals surface area contributed by atoms with Crippen LogP contribution < -0.4 is 16.4 Å². The number of carbonyl (C=O) groups excluding carboxylic acids is 1. The topological polar surface area (TPSA) is 105 Å². The minimum Gasteiger partial charge on any atom is -0.473 e. The van der Waals surface area contributed by atoms with E-state index in [2.05, 4.69) is 20.5 Å². The Morgan fingerprint density at radius 3 is 2.76 bits per heavy atom. The number of allylic oxidation sites excluding steroid dienone is 2. The predicted octanol–water partition coefficient (Wildman–Crippen LogP) is 3.24. The molecule has 1 aromatic rings. The molecule has 4 N–H and O–H groups in total. The molecule has 8 nitrogen and oxygen atoms in total. The van der Waals surface area contributed by atoms with Gasteiger partial charge in [-0.25, -0.2) is 13.8 Å². The van der Waals surface area contributed by atoms with Gasteiger partial charge in [0.05, 0.1) is 0 Å². The first-order valence-electron chi connectivity index (χ1n) is 11.0. The van der Waals surface area contributed by atoms with Crippen molar-refractivity contribution < 1.29 is 23.0 Å². The van der Waals surface area contributed by atoms with Crippen LogP contribution in [-0.4, -0.2) is 47.6 Å². The number of halogens is 2. The lowest BCUT2D eigenvalue weighted by Crippen LogP contribution is -2.42. The summed E-state index contributed by atoms with van der Waals surface area (Å²) in [6, 6.07) is 1.80. The third-order valence-corrected chi connectivity index (χ3v) is 5.78. The zero-order valence-electron chi connectivity index (χ0n) is 19.9. The van der Waals surface area contributed by atoms with E-state index < -0.39 is 12.5 Å². The Balaban J connectivity index is 1.82. The highest BCUT2D eigenvalue weighted by atomic mass is 19.3. The van der Waals surface area contributed by atoms with Crippen molar-refractivity contribution in [2.75, 3.05) is 19.0 Å². The number of alkyl halides is 2. The molecule has 0 saturated carbocycles. The Kier molecular flexibility index (Phi) is 7.28. The first-order valence-corrected chi connectivity index (χ1v) is 11.0. The number of ether oxygens (including phenoxy) is 2. The summed E-state index contributed by atoms with van der Waals surface area (Å²) in [5.74, 6) is -2.74. The number of carbonyl (C=O) groups is 1. The number of nitrogens with two attached hydrogens (primary N) is 1. The van der Waals surface area contributed by atoms with Gasteiger partial charge in [0, 0.05) is 55.5 Å². The highest BCUT2D eigenvalue weighted by Crippen LogP contribution is 2.49. The number of fused-ring (bicyclic) bond motifs is 3. The molecular weight excluding hydrogens is 432 g/mol. The second-order valence-electron chi connectivity index (χ2n) is 8.92. The molecule has 182 valence electrons. The molecule has 0 spiro atoms. The van der Waals surface area contributed by atoms with E-state index in [1.54, 1.807) is 26.2 Å². The van der Waals surface area contributed by atoms with Crippen molar-refractivity contribution in [3.8, 4) is 0 Å². The zero-order chi connectivity index (χ0) is 24.5. The van der Waals surface area contributed by atoms with Crippen LogP contribution in [0, 0.1) is 5.92 Å². The summed E-state index contributed by atoms with van der Waals surface area (Å²) in [6.45, 7) is 7.89. The Labute approximate surface area is 193 Å². The van der Waals surface area contributed by atoms with Crippen LogP contribution in [0.3, 0.4) is 0 Å². The lowest BCUT2D eigenvalue weighted by molar-refractivity contribution is -0.118. The smallest absolute Gasteiger partial charge is 0.278 e. The molecule has 10 heteroatoms. The third-order valence-electron chi connectivity index (χ3n) is 5.78. The van der Waals surface area contributed by atoms with Crippen LogP contribution in [0.25, 0.3) is 0 Å². The predicted molar refractivity (Wildman–Crippen MR) is 121 cm³/mol. The Bertz CT molecular complexity index is 958. The molecule has 0 bridgehead atoms. The maximum absolute atomic E-state index is 13.1. The molecule has 3 rings (SSSR count). The number of nitrogens with zero attached hydrogens (tertiary/aromatic N) is 2. The van der Waals surface area contributed by atoms with E-state index in [0.717, 1.165) is 23.7 Å². The Hall–Kier alpha value is -2.72. The lowest BCUT2D eigenvalue weighted by atomic mass is 9.98. The molecule has 1 aromatic heterocycles. The Morgan fingerprint density at radius 2 is 2.15 bits per heavy atom. The molecule has 1 amide bonds. The van der Waals surface area contributed by atoms with E-state index in [-0.39, 0.29) is 36.1 Å². The molecule has 0 radical (unpaired) electrons. The number of hydrogen-bond donors (Lipinski definition) is 3. The number of epoxide rings is 1. The maximum Gasteiger partial charge on any atom is 0.278 e. The van der Waals surface area contributed by atoms with Gasteiger partial charge in [-0.05, 0) is 31.6 Å². The van der Waals surface area contributed by atoms with Crippen molar-refractivity contribution in [1.82, 2.24) is 15.2 Å². The average molecular weight is 466 g/mol. The summed E-state index contributed by atoms with van der Waals surface area (Å²) in [4.78, 5) is 18.8. The van der Waals surface area contributed by atoms with Crippen LogP contribution in [0.4, 0.5) is 14.6 Å². The molecule has 1 saturated heterocycles. The van der Waals surface area contributed by atoms with E-state index in [9.17, 15) is 13.6 Å². The Morgan fingerprint density at radius 1 is 1.45 bits per heavy atom. The van der Waals surface area contributed by atoms with Gasteiger partial charge in [-0.3, -0.25) is 9.69 Å². The van der Waals surface area contributed by atoms with Gasteiger partial charge in [0.15, 0.2) is 12.5 Å². The van der Waals surface area contributed by atoms with Crippen molar-refractivity contribution in [3.63, 3.8) is 0 Å². The van der Waals surface area contributed by atoms with Gasteiger partial charge in [-0.1, -0.05) is 13.8 Å². The number of rotatable bonds is 9. The molecule has 3 heterocycles. The molecule has 2 aliphatic rings. The van der Waals surface area contributed by atoms with E-state index in [1.807, 2.05) is 26.8 Å². The highest BCUT2D eigenvalue weighted by molar-refractivity contribution is 5.92. The molecule has 3 unspecified atom stereocenters. The van der Waals surface area contributed by atoms with Crippen LogP contribution in [0.5, 0.6) is 0 Å². The normalized spacial score (nSPS) is 22.2. The van der Waals surface area contributed by atoms with Gasteiger partial charge < -0.3 is 25.8 Å². The molecule has 3 atom stereocenters. The van der Waals surface area contributed by atoms with Gasteiger partial charge in [0.25, 0.3) is 5.92 Å². The van der Waals surface area contributed by atoms with Crippen molar-refractivity contribution >= 4 is 11.7 Å². The van der Waals surface area contributed by atoms with Gasteiger partial charge >= 0.3 is 0 Å². The van der Waals surface area contributed by atoms with Crippen LogP contribution in [-0.2, 0) is 20.8 Å². The largest absolute Gasteiger partial charge is 0.473 e. The van der Waals surface area contributed by atoms with Gasteiger partial charge in [-0.15, -0.1) is 0 Å². The molecule has 0 aromatic carbocycles. The summed E-state index contributed by atoms with van der Waals surface area (Å²) in [5.41, 5.74) is 9.16. The van der Waals surface area contributed by atoms with Crippen LogP contribution in [0.2, 0.25) is 0 Å². The van der Waals surface area contributed by atoms with Crippen LogP contribution in [0.15, 0.2) is 35.5 Å². The number of likely N-dealkylation sites (N-methyl/N-ethyl adjacent to an activating group) is 1. The standard InChI is InChI=1S/C23H33F2N5O3/c1-12(2)21(31)29-20-16-10-30(22-18(33-22)15(16)7-8-28-20)14(4)17(27-6)9-13(3)19(26)32-11-23(5,24)25/h7-9,12,14,18,22,27H,10-11,26H2,1-6H3,(H,28,29,31)/b17-9-,19-13+. The number of hydrogen-bond acceptors (Lipinski definition) is 7. The fraction of sp³-hybridized carbons (Fsp3) is 0.565. The minimum absolute atomic E-state index is 0.0519. The second-order valence-corrected chi connectivity index (χ2v) is 8.92. The molecule has 33 heavy (non-hydrogen) atoms. The number of aromatic nitrogens is 1. The SMILES string of the molecule is CN/C(=C\C(C)=C(/N)OCC(C)(F)F)C(C)N1Cc2c(ccnc2NC(=O)C(C)C)C2OC21. The van der Waals surface area contributed by atoms with Gasteiger partial charge in [0.2, 0.25) is 5.91 Å². The highest BCUT2D eigenvalue weighted by Gasteiger charge is 2.51. The lowest BCUT2D eigenvalue weighted by Gasteiger charge is -2.33. The third kappa shape index (κ3) is 5.80. The number of nitrogens with one attached hydrogen (secondary N) is 2. The van der Waals surface area contributed by atoms with Crippen LogP contribution >= 0.6 is 0 Å². The molecule has 1 fully saturated rings. The van der Waals surface area contributed by atoms with E-state index in [1.165, 1.54) is 0 Å². The van der Waals surface area contributed by atoms with Gasteiger partial charge in [0.1, 0.15) is 18.1 Å². The van der Waals surface area contributed by atoms with Crippen molar-refractivity contribution in [1.29, 1.82) is 0 Å². The van der Waals surface area contributed by atoms with E-state index >= 15 is 0 Å². The zero-order valence-corrected chi connectivity index (χ0v) is 19.9. The van der Waals surface area contributed by atoms with Crippen molar-refractivity contribution in [3.05, 3.63) is 46.6 Å². The van der Waals surface area contributed by atoms with Gasteiger partial charge in [-0.2, -0.15) is 0 Å². The number of amides is 1. The first kappa shape index (κ1) is 24.9. The quantitative estimate of drug-likeness (QED) is 0.292. The summed E-state index contributed by atoms with van der Waals surface area (Å²) in [7, 11) is 1.78. The first-order chi connectivity index (χ1) is 15.4. The molecular formula is C23H33F2N5O3. The summed E-state index contributed by atoms with van der Waals surface area (Å²) < 4.78 is 37.2. The number of pyridine rings is 1. The van der Waals surface area contributed by atoms with Crippen molar-refractivity contribution in [2.24, 2.45) is 11.7 Å². The fourth-order valence-electron chi connectivity index (χ4n) is 3.73. The summed E-state index contributed by atoms with van der Waals surface area (Å²) >= 11 is 0. The number of anilines is 1. The van der Waals surface area contributed by atoms with Crippen LogP contribution in [0.1, 0.15) is 51.8 Å². The van der Waals surface area contributed by atoms with Crippen molar-refractivity contribution in [2.45, 2.75) is 65.5 Å². The summed E-state index contributed by atoms with van der Waals surface area (Å²) in [6.07, 6.45) is 3.27. The van der Waals surface area contributed by atoms with E-state index in [4.69, 9.17) is 15.2 Å². The molecule has 2 aliphatic heterocycles. The minimum atomic E-state index is -2.97. The summed E-state index contributed by atoms with van der Waals surface area (Å²) in [5, 5.41) is 6.09. The fourth-order valence-corrected chi connectivity index (χ4v) is 3.73. The monoisotopic (exact) mass is 465 g/mol. The average Bonchev–Trinajstić information content (AvgIpc) is 3.55. The second kappa shape index (κ2) is 9.64.